The van der Waals surface area contributed by atoms with E-state index >= 15 is 0 Å². The highest BCUT2D eigenvalue weighted by Crippen LogP contribution is 2.34. The number of fused-ring (bicyclic) bond motifs is 2. The van der Waals surface area contributed by atoms with Gasteiger partial charge in [-0.2, -0.15) is 0 Å². The first-order valence-corrected chi connectivity index (χ1v) is 18.1. The van der Waals surface area contributed by atoms with Crippen molar-refractivity contribution in [2.45, 2.75) is 103 Å². The van der Waals surface area contributed by atoms with Gasteiger partial charge in [-0.15, -0.1) is 20.0 Å². The van der Waals surface area contributed by atoms with Gasteiger partial charge in [0, 0.05) is 38.6 Å². The standard InChI is InChI=1S/C32H47N20O2/c1-29(2,3)27-33-23(48-12-10-31(6,53)17-48)21-25(35-27)51(43-38-21)15-20-40-52(45-47(20)9)16-30(4,5)28-34-24(49-13-11-32(7,54)18-49)22-26(36-28)50(42-39-22)14-19-37-41-44-46(19)8/h53-54H,10-18H2,1-9H3/q+1/t31-,32+/m1/s1. The molecule has 0 radical (unpaired) electrons. The Labute approximate surface area is 310 Å². The van der Waals surface area contributed by atoms with Crippen molar-refractivity contribution < 1.29 is 14.9 Å². The van der Waals surface area contributed by atoms with Crippen LogP contribution in [0.5, 0.6) is 0 Å². The summed E-state index contributed by atoms with van der Waals surface area (Å²) in [5.41, 5.74) is -0.450. The minimum atomic E-state index is -0.857. The van der Waals surface area contributed by atoms with Crippen molar-refractivity contribution in [2.24, 2.45) is 14.1 Å². The number of anilines is 2. The Morgan fingerprint density at radius 2 is 1.30 bits per heavy atom. The molecule has 0 unspecified atom stereocenters. The van der Waals surface area contributed by atoms with Crippen LogP contribution in [0.3, 0.4) is 0 Å². The number of aromatic nitrogens is 18. The largest absolute Gasteiger partial charge is 0.388 e. The van der Waals surface area contributed by atoms with Crippen LogP contribution in [0, 0.1) is 0 Å². The molecule has 54 heavy (non-hydrogen) atoms. The van der Waals surface area contributed by atoms with E-state index in [0.717, 1.165) is 0 Å². The van der Waals surface area contributed by atoms with Crippen molar-refractivity contribution >= 4 is 34.0 Å². The van der Waals surface area contributed by atoms with Gasteiger partial charge in [-0.05, 0) is 55.8 Å². The van der Waals surface area contributed by atoms with E-state index in [4.69, 9.17) is 30.2 Å². The second kappa shape index (κ2) is 12.3. The predicted octanol–water partition coefficient (Wildman–Crippen LogP) is -1.01. The lowest BCUT2D eigenvalue weighted by molar-refractivity contribution is -0.740. The van der Waals surface area contributed by atoms with Gasteiger partial charge in [0.15, 0.2) is 39.8 Å². The summed E-state index contributed by atoms with van der Waals surface area (Å²) in [6, 6.07) is 0. The van der Waals surface area contributed by atoms with E-state index in [-0.39, 0.29) is 18.5 Å². The number of β-amino-alcohol motifs (C(OH)–C–C–N with tert-alkyl or cyclic N) is 2. The van der Waals surface area contributed by atoms with Crippen LogP contribution in [0.25, 0.3) is 22.3 Å². The highest BCUT2D eigenvalue weighted by atomic mass is 16.3. The highest BCUT2D eigenvalue weighted by Gasteiger charge is 2.38. The van der Waals surface area contributed by atoms with E-state index in [9.17, 15) is 10.2 Å². The van der Waals surface area contributed by atoms with Crippen molar-refractivity contribution in [3.63, 3.8) is 0 Å². The lowest BCUT2D eigenvalue weighted by Crippen LogP contribution is -2.37. The van der Waals surface area contributed by atoms with Crippen molar-refractivity contribution in [3.8, 4) is 0 Å². The Kier molecular flexibility index (Phi) is 8.14. The van der Waals surface area contributed by atoms with Gasteiger partial charge >= 0.3 is 5.82 Å². The van der Waals surface area contributed by atoms with E-state index in [1.165, 1.54) is 0 Å². The third-order valence-electron chi connectivity index (χ3n) is 10.1. The summed E-state index contributed by atoms with van der Waals surface area (Å²) in [5, 5.41) is 60.9. The van der Waals surface area contributed by atoms with Gasteiger partial charge in [-0.3, -0.25) is 0 Å². The summed E-state index contributed by atoms with van der Waals surface area (Å²) in [5.74, 6) is 3.70. The maximum atomic E-state index is 10.8. The lowest BCUT2D eigenvalue weighted by Gasteiger charge is -2.24. The molecule has 286 valence electrons. The second-order valence-corrected chi connectivity index (χ2v) is 16.9. The molecule has 2 aliphatic heterocycles. The van der Waals surface area contributed by atoms with Crippen molar-refractivity contribution in [1.29, 1.82) is 0 Å². The smallest absolute Gasteiger partial charge is 0.319 e. The van der Waals surface area contributed by atoms with E-state index in [1.807, 2.05) is 39.6 Å². The quantitative estimate of drug-likeness (QED) is 0.169. The summed E-state index contributed by atoms with van der Waals surface area (Å²) in [6.45, 7) is 16.9. The monoisotopic (exact) mass is 743 g/mol. The summed E-state index contributed by atoms with van der Waals surface area (Å²) >= 11 is 0. The van der Waals surface area contributed by atoms with Gasteiger partial charge < -0.3 is 20.0 Å². The number of hydrogen-bond acceptors (Lipinski definition) is 17. The second-order valence-electron chi connectivity index (χ2n) is 16.9. The maximum absolute atomic E-state index is 10.8. The average Bonchev–Trinajstić information content (AvgIpc) is 3.94. The molecule has 0 bridgehead atoms. The first kappa shape index (κ1) is 35.6. The Balaban J connectivity index is 1.11. The van der Waals surface area contributed by atoms with Crippen molar-refractivity contribution in [2.75, 3.05) is 36.0 Å². The molecular weight excluding hydrogens is 696 g/mol. The molecular formula is C32H47N20O2+. The number of tetrazole rings is 2. The minimum absolute atomic E-state index is 0.257. The molecule has 6 aromatic rings. The SMILES string of the molecule is Cn1nnnc1Cn1nnc2c(N3CC[C@](C)(O)C3)nc(C(C)(C)Cn3nc(Cn4nnc5c(N6CC[C@@](C)(O)C6)nc(C(C)(C)C)nc54)[n+](C)n3)nc21. The fourth-order valence-corrected chi connectivity index (χ4v) is 6.93. The minimum Gasteiger partial charge on any atom is -0.388 e. The first-order chi connectivity index (χ1) is 25.4. The van der Waals surface area contributed by atoms with Crippen LogP contribution in [-0.2, 0) is 44.6 Å². The lowest BCUT2D eigenvalue weighted by atomic mass is 9.92. The van der Waals surface area contributed by atoms with Gasteiger partial charge in [-0.1, -0.05) is 31.2 Å². The Morgan fingerprint density at radius 3 is 1.81 bits per heavy atom. The highest BCUT2D eigenvalue weighted by molar-refractivity contribution is 5.84. The van der Waals surface area contributed by atoms with Crippen LogP contribution < -0.4 is 14.5 Å². The number of hydrogen-bond donors (Lipinski definition) is 2. The molecule has 0 spiro atoms. The summed E-state index contributed by atoms with van der Waals surface area (Å²) < 4.78 is 6.68. The van der Waals surface area contributed by atoms with Crippen LogP contribution in [0.2, 0.25) is 0 Å². The van der Waals surface area contributed by atoms with Gasteiger partial charge in [0.2, 0.25) is 0 Å². The summed E-state index contributed by atoms with van der Waals surface area (Å²) in [4.78, 5) is 25.6. The molecule has 2 atom stereocenters. The van der Waals surface area contributed by atoms with Crippen LogP contribution in [0.1, 0.15) is 84.6 Å². The number of aliphatic hydroxyl groups is 2. The van der Waals surface area contributed by atoms with Gasteiger partial charge in [-0.25, -0.2) is 34.0 Å². The number of nitrogens with zero attached hydrogens (tertiary/aromatic N) is 20. The number of rotatable bonds is 9. The Hall–Kier alpha value is -5.38. The molecule has 8 heterocycles. The third-order valence-corrected chi connectivity index (χ3v) is 10.1. The Bertz CT molecular complexity index is 2360. The molecule has 2 N–H and O–H groups in total. The van der Waals surface area contributed by atoms with Crippen LogP contribution in [-0.4, -0.2) is 133 Å². The molecule has 8 rings (SSSR count). The molecule has 0 saturated carbocycles. The molecule has 2 fully saturated rings. The van der Waals surface area contributed by atoms with E-state index < -0.39 is 16.6 Å². The van der Waals surface area contributed by atoms with Crippen LogP contribution in [0.15, 0.2) is 0 Å². The van der Waals surface area contributed by atoms with Crippen LogP contribution in [0.4, 0.5) is 11.6 Å². The molecule has 0 aromatic carbocycles. The zero-order valence-electron chi connectivity index (χ0n) is 32.2. The van der Waals surface area contributed by atoms with Gasteiger partial charge in [0.05, 0.1) is 34.0 Å². The normalized spacial score (nSPS) is 21.1. The molecule has 2 saturated heterocycles. The molecule has 0 amide bonds. The fraction of sp³-hybridized carbons (Fsp3) is 0.688. The van der Waals surface area contributed by atoms with Gasteiger partial charge in [0.25, 0.3) is 0 Å². The van der Waals surface area contributed by atoms with Crippen molar-refractivity contribution in [3.05, 3.63) is 23.3 Å². The molecule has 2 aliphatic rings. The first-order valence-electron chi connectivity index (χ1n) is 18.1. The molecule has 6 aromatic heterocycles. The fourth-order valence-electron chi connectivity index (χ4n) is 6.93. The summed E-state index contributed by atoms with van der Waals surface area (Å²) in [6.07, 6.45) is 1.23. The third kappa shape index (κ3) is 6.56. The zero-order chi connectivity index (χ0) is 38.4. The molecule has 22 heteroatoms. The van der Waals surface area contributed by atoms with Crippen LogP contribution >= 0.6 is 0 Å². The molecule has 0 aliphatic carbocycles. The van der Waals surface area contributed by atoms with Gasteiger partial charge in [0.1, 0.15) is 31.3 Å². The summed E-state index contributed by atoms with van der Waals surface area (Å²) in [7, 11) is 3.60. The van der Waals surface area contributed by atoms with Crippen molar-refractivity contribution in [1.82, 2.24) is 85.2 Å². The Morgan fingerprint density at radius 1 is 0.741 bits per heavy atom. The predicted molar refractivity (Wildman–Crippen MR) is 191 cm³/mol. The number of aryl methyl sites for hydroxylation is 2. The van der Waals surface area contributed by atoms with E-state index in [2.05, 4.69) is 61.8 Å². The maximum Gasteiger partial charge on any atom is 0.319 e. The topological polar surface area (TPSA) is 238 Å². The van der Waals surface area contributed by atoms with E-state index in [1.54, 1.807) is 30.6 Å². The zero-order valence-corrected chi connectivity index (χ0v) is 32.2. The van der Waals surface area contributed by atoms with E-state index in [0.29, 0.717) is 103 Å². The average molecular weight is 744 g/mol. The molecule has 22 nitrogen and oxygen atoms in total.